The monoisotopic (exact) mass is 276 g/mol. The van der Waals surface area contributed by atoms with Crippen LogP contribution in [0.3, 0.4) is 0 Å². The Morgan fingerprint density at radius 2 is 2.10 bits per heavy atom. The normalized spacial score (nSPS) is 16.1. The second-order valence-electron chi connectivity index (χ2n) is 5.21. The van der Waals surface area contributed by atoms with E-state index in [2.05, 4.69) is 23.2 Å². The van der Waals surface area contributed by atoms with Gasteiger partial charge in [0, 0.05) is 31.7 Å². The number of amides is 1. The first-order chi connectivity index (χ1) is 9.70. The zero-order chi connectivity index (χ0) is 14.4. The summed E-state index contributed by atoms with van der Waals surface area (Å²) >= 11 is 0. The summed E-state index contributed by atoms with van der Waals surface area (Å²) in [4.78, 5) is 14.4. The van der Waals surface area contributed by atoms with Crippen molar-refractivity contribution in [1.82, 2.24) is 4.90 Å². The number of carbonyl (C=O) groups excluding carboxylic acids is 1. The Balaban J connectivity index is 1.88. The molecule has 1 N–H and O–H groups in total. The van der Waals surface area contributed by atoms with Crippen LogP contribution in [0.2, 0.25) is 0 Å². The van der Waals surface area contributed by atoms with Crippen LogP contribution >= 0.6 is 0 Å². The summed E-state index contributed by atoms with van der Waals surface area (Å²) < 4.78 is 5.31. The van der Waals surface area contributed by atoms with Crippen molar-refractivity contribution in [3.63, 3.8) is 0 Å². The average Bonchev–Trinajstić information content (AvgIpc) is 2.48. The van der Waals surface area contributed by atoms with E-state index in [1.807, 2.05) is 19.1 Å². The Hall–Kier alpha value is -1.39. The zero-order valence-corrected chi connectivity index (χ0v) is 12.4. The number of morpholine rings is 1. The molecule has 1 amide bonds. The highest BCUT2D eigenvalue weighted by atomic mass is 16.5. The molecule has 110 valence electrons. The molecule has 0 spiro atoms. The number of anilines is 1. The van der Waals surface area contributed by atoms with Crippen LogP contribution in [0.4, 0.5) is 5.69 Å². The van der Waals surface area contributed by atoms with Gasteiger partial charge in [0.05, 0.1) is 13.2 Å². The lowest BCUT2D eigenvalue weighted by atomic mass is 10.1. The Morgan fingerprint density at radius 3 is 2.80 bits per heavy atom. The SMILES string of the molecule is CCc1cccc(C)c1NC(=O)CCN1CCOCC1. The van der Waals surface area contributed by atoms with Gasteiger partial charge >= 0.3 is 0 Å². The highest BCUT2D eigenvalue weighted by Gasteiger charge is 2.13. The Bertz CT molecular complexity index is 454. The van der Waals surface area contributed by atoms with Gasteiger partial charge in [-0.05, 0) is 24.5 Å². The van der Waals surface area contributed by atoms with Crippen molar-refractivity contribution in [3.8, 4) is 0 Å². The molecule has 2 rings (SSSR count). The van der Waals surface area contributed by atoms with Crippen LogP contribution in [0.15, 0.2) is 18.2 Å². The average molecular weight is 276 g/mol. The number of nitrogens with zero attached hydrogens (tertiary/aromatic N) is 1. The Kier molecular flexibility index (Phi) is 5.56. The van der Waals surface area contributed by atoms with Crippen molar-refractivity contribution >= 4 is 11.6 Å². The first-order valence-electron chi connectivity index (χ1n) is 7.39. The molecular weight excluding hydrogens is 252 g/mol. The maximum absolute atomic E-state index is 12.1. The van der Waals surface area contributed by atoms with Gasteiger partial charge in [-0.15, -0.1) is 0 Å². The van der Waals surface area contributed by atoms with Gasteiger partial charge in [-0.2, -0.15) is 0 Å². The summed E-state index contributed by atoms with van der Waals surface area (Å²) in [6.45, 7) is 8.37. The van der Waals surface area contributed by atoms with E-state index in [1.54, 1.807) is 0 Å². The van der Waals surface area contributed by atoms with Crippen molar-refractivity contribution in [2.75, 3.05) is 38.2 Å². The standard InChI is InChI=1S/C16H24N2O2/c1-3-14-6-4-5-13(2)16(14)17-15(19)7-8-18-9-11-20-12-10-18/h4-6H,3,7-12H2,1-2H3,(H,17,19). The van der Waals surface area contributed by atoms with E-state index in [0.29, 0.717) is 6.42 Å². The first-order valence-corrected chi connectivity index (χ1v) is 7.39. The third-order valence-electron chi connectivity index (χ3n) is 3.76. The number of rotatable bonds is 5. The van der Waals surface area contributed by atoms with Gasteiger partial charge in [0.1, 0.15) is 0 Å². The van der Waals surface area contributed by atoms with Gasteiger partial charge in [0.2, 0.25) is 5.91 Å². The van der Waals surface area contributed by atoms with E-state index in [-0.39, 0.29) is 5.91 Å². The molecular formula is C16H24N2O2. The summed E-state index contributed by atoms with van der Waals surface area (Å²) in [7, 11) is 0. The third kappa shape index (κ3) is 4.05. The van der Waals surface area contributed by atoms with E-state index in [0.717, 1.165) is 50.5 Å². The minimum atomic E-state index is 0.0977. The van der Waals surface area contributed by atoms with Crippen molar-refractivity contribution in [2.45, 2.75) is 26.7 Å². The number of hydrogen-bond donors (Lipinski definition) is 1. The molecule has 0 atom stereocenters. The fraction of sp³-hybridized carbons (Fsp3) is 0.562. The largest absolute Gasteiger partial charge is 0.379 e. The van der Waals surface area contributed by atoms with E-state index in [4.69, 9.17) is 4.74 Å². The second-order valence-corrected chi connectivity index (χ2v) is 5.21. The summed E-state index contributed by atoms with van der Waals surface area (Å²) in [6.07, 6.45) is 1.47. The van der Waals surface area contributed by atoms with Gasteiger partial charge in [0.15, 0.2) is 0 Å². The molecule has 1 aromatic carbocycles. The molecule has 0 aromatic heterocycles. The van der Waals surface area contributed by atoms with Crippen LogP contribution in [0, 0.1) is 6.92 Å². The highest BCUT2D eigenvalue weighted by molar-refractivity contribution is 5.92. The number of hydrogen-bond acceptors (Lipinski definition) is 3. The number of para-hydroxylation sites is 1. The van der Waals surface area contributed by atoms with Gasteiger partial charge < -0.3 is 10.1 Å². The molecule has 1 aromatic rings. The van der Waals surface area contributed by atoms with Crippen LogP contribution in [0.25, 0.3) is 0 Å². The maximum Gasteiger partial charge on any atom is 0.225 e. The second kappa shape index (κ2) is 7.41. The highest BCUT2D eigenvalue weighted by Crippen LogP contribution is 2.21. The van der Waals surface area contributed by atoms with Crippen molar-refractivity contribution in [1.29, 1.82) is 0 Å². The number of benzene rings is 1. The quantitative estimate of drug-likeness (QED) is 0.896. The van der Waals surface area contributed by atoms with Crippen LogP contribution in [0.1, 0.15) is 24.5 Å². The summed E-state index contributed by atoms with van der Waals surface area (Å²) in [5, 5.41) is 3.07. The molecule has 0 saturated carbocycles. The van der Waals surface area contributed by atoms with Gasteiger partial charge in [-0.1, -0.05) is 25.1 Å². The van der Waals surface area contributed by atoms with Crippen LogP contribution < -0.4 is 5.32 Å². The van der Waals surface area contributed by atoms with E-state index < -0.39 is 0 Å². The fourth-order valence-electron chi connectivity index (χ4n) is 2.49. The lowest BCUT2D eigenvalue weighted by Crippen LogP contribution is -2.38. The van der Waals surface area contributed by atoms with Crippen molar-refractivity contribution < 1.29 is 9.53 Å². The third-order valence-corrected chi connectivity index (χ3v) is 3.76. The predicted octanol–water partition coefficient (Wildman–Crippen LogP) is 2.22. The number of carbonyl (C=O) groups is 1. The van der Waals surface area contributed by atoms with Gasteiger partial charge in [-0.25, -0.2) is 0 Å². The molecule has 0 radical (unpaired) electrons. The molecule has 4 heteroatoms. The smallest absolute Gasteiger partial charge is 0.225 e. The van der Waals surface area contributed by atoms with E-state index in [9.17, 15) is 4.79 Å². The first kappa shape index (κ1) is 15.0. The molecule has 20 heavy (non-hydrogen) atoms. The van der Waals surface area contributed by atoms with E-state index in [1.165, 1.54) is 5.56 Å². The van der Waals surface area contributed by atoms with Gasteiger partial charge in [-0.3, -0.25) is 9.69 Å². The number of aryl methyl sites for hydroxylation is 2. The van der Waals surface area contributed by atoms with E-state index >= 15 is 0 Å². The molecule has 1 aliphatic rings. The number of nitrogens with one attached hydrogen (secondary N) is 1. The lowest BCUT2D eigenvalue weighted by Gasteiger charge is -2.26. The predicted molar refractivity (Wildman–Crippen MR) is 81.1 cm³/mol. The molecule has 1 fully saturated rings. The summed E-state index contributed by atoms with van der Waals surface area (Å²) in [6, 6.07) is 6.15. The van der Waals surface area contributed by atoms with Crippen molar-refractivity contribution in [3.05, 3.63) is 29.3 Å². The zero-order valence-electron chi connectivity index (χ0n) is 12.4. The van der Waals surface area contributed by atoms with Gasteiger partial charge in [0.25, 0.3) is 0 Å². The number of ether oxygens (including phenoxy) is 1. The maximum atomic E-state index is 12.1. The Labute approximate surface area is 121 Å². The molecule has 0 bridgehead atoms. The molecule has 1 aliphatic heterocycles. The topological polar surface area (TPSA) is 41.6 Å². The Morgan fingerprint density at radius 1 is 1.35 bits per heavy atom. The molecule has 4 nitrogen and oxygen atoms in total. The van der Waals surface area contributed by atoms with Crippen LogP contribution in [0.5, 0.6) is 0 Å². The minimum Gasteiger partial charge on any atom is -0.379 e. The van der Waals surface area contributed by atoms with Crippen molar-refractivity contribution in [2.24, 2.45) is 0 Å². The minimum absolute atomic E-state index is 0.0977. The molecule has 0 unspecified atom stereocenters. The fourth-order valence-corrected chi connectivity index (χ4v) is 2.49. The van der Waals surface area contributed by atoms with Crippen LogP contribution in [-0.2, 0) is 16.0 Å². The summed E-state index contributed by atoms with van der Waals surface area (Å²) in [5.41, 5.74) is 3.32. The van der Waals surface area contributed by atoms with Crippen LogP contribution in [-0.4, -0.2) is 43.7 Å². The molecule has 1 heterocycles. The molecule has 1 saturated heterocycles. The summed E-state index contributed by atoms with van der Waals surface area (Å²) in [5.74, 6) is 0.0977. The molecule has 0 aliphatic carbocycles. The lowest BCUT2D eigenvalue weighted by molar-refractivity contribution is -0.116.